The number of likely N-dealkylation sites (tertiary alicyclic amines) is 1. The van der Waals surface area contributed by atoms with Crippen LogP contribution in [0.5, 0.6) is 0 Å². The van der Waals surface area contributed by atoms with Gasteiger partial charge in [0.2, 0.25) is 5.91 Å². The predicted molar refractivity (Wildman–Crippen MR) is 89.3 cm³/mol. The quantitative estimate of drug-likeness (QED) is 0.902. The normalized spacial score (nSPS) is 19.2. The van der Waals surface area contributed by atoms with Crippen molar-refractivity contribution in [3.8, 4) is 0 Å². The van der Waals surface area contributed by atoms with E-state index < -0.39 is 6.10 Å². The number of amides is 1. The molecule has 0 bridgehead atoms. The molecule has 0 saturated carbocycles. The number of nitrogens with zero attached hydrogens (tertiary/aromatic N) is 1. The van der Waals surface area contributed by atoms with Gasteiger partial charge in [-0.25, -0.2) is 0 Å². The number of hydrogen-bond acceptors (Lipinski definition) is 2. The molecule has 0 spiro atoms. The number of aliphatic hydroxyl groups is 1. The van der Waals surface area contributed by atoms with Crippen LogP contribution in [-0.2, 0) is 4.79 Å². The molecule has 3 heteroatoms. The Bertz CT molecular complexity index is 464. The molecule has 1 N–H and O–H groups in total. The molecule has 122 valence electrons. The Hall–Kier alpha value is -1.35. The van der Waals surface area contributed by atoms with Crippen LogP contribution in [0.15, 0.2) is 30.3 Å². The minimum atomic E-state index is -0.409. The van der Waals surface area contributed by atoms with Gasteiger partial charge in [0.25, 0.3) is 0 Å². The van der Waals surface area contributed by atoms with E-state index in [9.17, 15) is 9.90 Å². The van der Waals surface area contributed by atoms with Crippen molar-refractivity contribution in [1.82, 2.24) is 4.90 Å². The summed E-state index contributed by atoms with van der Waals surface area (Å²) in [7, 11) is 0. The summed E-state index contributed by atoms with van der Waals surface area (Å²) in [4.78, 5) is 14.3. The lowest BCUT2D eigenvalue weighted by molar-refractivity contribution is -0.134. The first-order chi connectivity index (χ1) is 10.5. The smallest absolute Gasteiger partial charge is 0.222 e. The fourth-order valence-electron chi connectivity index (χ4n) is 3.03. The second kappa shape index (κ2) is 7.77. The zero-order valence-electron chi connectivity index (χ0n) is 14.0. The number of benzene rings is 1. The molecule has 0 aliphatic carbocycles. The van der Waals surface area contributed by atoms with Crippen molar-refractivity contribution < 1.29 is 9.90 Å². The second-order valence-corrected chi connectivity index (χ2v) is 7.00. The molecule has 22 heavy (non-hydrogen) atoms. The Labute approximate surface area is 134 Å². The summed E-state index contributed by atoms with van der Waals surface area (Å²) in [5.74, 6) is 1.50. The summed E-state index contributed by atoms with van der Waals surface area (Å²) in [5.41, 5.74) is 0.987. The van der Waals surface area contributed by atoms with E-state index in [4.69, 9.17) is 0 Å². The average molecular weight is 303 g/mol. The number of carbonyl (C=O) groups excluding carboxylic acids is 1. The Morgan fingerprint density at radius 2 is 1.77 bits per heavy atom. The van der Waals surface area contributed by atoms with Gasteiger partial charge in [0, 0.05) is 19.5 Å². The third-order valence-electron chi connectivity index (χ3n) is 5.11. The fourth-order valence-corrected chi connectivity index (χ4v) is 3.03. The lowest BCUT2D eigenvalue weighted by Gasteiger charge is -2.35. The van der Waals surface area contributed by atoms with Gasteiger partial charge in [-0.3, -0.25) is 4.79 Å². The van der Waals surface area contributed by atoms with Crippen LogP contribution >= 0.6 is 0 Å². The molecule has 2 rings (SSSR count). The molecule has 0 aromatic heterocycles. The van der Waals surface area contributed by atoms with Crippen molar-refractivity contribution in [2.45, 2.75) is 46.1 Å². The van der Waals surface area contributed by atoms with Crippen molar-refractivity contribution >= 4 is 5.91 Å². The molecule has 1 aromatic carbocycles. The number of piperidine rings is 1. The van der Waals surface area contributed by atoms with Crippen LogP contribution in [-0.4, -0.2) is 29.0 Å². The first-order valence-corrected chi connectivity index (χ1v) is 8.49. The lowest BCUT2D eigenvalue weighted by atomic mass is 9.87. The highest BCUT2D eigenvalue weighted by Crippen LogP contribution is 2.31. The summed E-state index contributed by atoms with van der Waals surface area (Å²) in [5, 5.41) is 10.5. The fraction of sp³-hybridized carbons (Fsp3) is 0.632. The van der Waals surface area contributed by atoms with Crippen molar-refractivity contribution in [2.24, 2.45) is 17.8 Å². The largest absolute Gasteiger partial charge is 0.388 e. The maximum atomic E-state index is 12.3. The van der Waals surface area contributed by atoms with Crippen LogP contribution in [0.2, 0.25) is 0 Å². The van der Waals surface area contributed by atoms with Crippen LogP contribution in [0.25, 0.3) is 0 Å². The average Bonchev–Trinajstić information content (AvgIpc) is 2.55. The number of aliphatic hydroxyl groups excluding tert-OH is 1. The molecule has 1 saturated heterocycles. The van der Waals surface area contributed by atoms with Gasteiger partial charge >= 0.3 is 0 Å². The molecule has 1 aliphatic heterocycles. The maximum absolute atomic E-state index is 12.3. The summed E-state index contributed by atoms with van der Waals surface area (Å²) >= 11 is 0. The summed E-state index contributed by atoms with van der Waals surface area (Å²) in [6.45, 7) is 8.03. The number of carbonyl (C=O) groups is 1. The number of hydrogen-bond donors (Lipinski definition) is 1. The van der Waals surface area contributed by atoms with E-state index >= 15 is 0 Å². The molecule has 0 radical (unpaired) electrons. The molecule has 2 atom stereocenters. The highest BCUT2D eigenvalue weighted by atomic mass is 16.3. The zero-order chi connectivity index (χ0) is 16.1. The van der Waals surface area contributed by atoms with Crippen molar-refractivity contribution in [2.75, 3.05) is 13.1 Å². The van der Waals surface area contributed by atoms with Crippen molar-refractivity contribution in [3.63, 3.8) is 0 Å². The molecule has 1 aromatic rings. The Morgan fingerprint density at radius 3 is 2.32 bits per heavy atom. The standard InChI is InChI=1S/C19H29NO2/c1-14(2)15(3)13-18(21)20-11-9-17(10-12-20)19(22)16-7-5-4-6-8-16/h4-8,14-15,17,19,22H,9-13H2,1-3H3. The first-order valence-electron chi connectivity index (χ1n) is 8.49. The first kappa shape index (κ1) is 17.0. The summed E-state index contributed by atoms with van der Waals surface area (Å²) < 4.78 is 0. The molecule has 1 amide bonds. The van der Waals surface area contributed by atoms with Gasteiger partial charge in [0.1, 0.15) is 0 Å². The van der Waals surface area contributed by atoms with Gasteiger partial charge in [-0.05, 0) is 36.2 Å². The zero-order valence-corrected chi connectivity index (χ0v) is 14.0. The molecule has 1 heterocycles. The third-order valence-corrected chi connectivity index (χ3v) is 5.11. The molecule has 3 nitrogen and oxygen atoms in total. The highest BCUT2D eigenvalue weighted by molar-refractivity contribution is 5.76. The van der Waals surface area contributed by atoms with Crippen LogP contribution in [0.3, 0.4) is 0 Å². The van der Waals surface area contributed by atoms with Crippen LogP contribution in [0.4, 0.5) is 0 Å². The maximum Gasteiger partial charge on any atom is 0.222 e. The van der Waals surface area contributed by atoms with Gasteiger partial charge in [-0.15, -0.1) is 0 Å². The van der Waals surface area contributed by atoms with E-state index in [0.717, 1.165) is 31.5 Å². The Kier molecular flexibility index (Phi) is 6.01. The summed E-state index contributed by atoms with van der Waals surface area (Å²) in [6.07, 6.45) is 2.01. The van der Waals surface area contributed by atoms with Gasteiger partial charge in [0.05, 0.1) is 6.10 Å². The van der Waals surface area contributed by atoms with Gasteiger partial charge in [0.15, 0.2) is 0 Å². The van der Waals surface area contributed by atoms with Crippen molar-refractivity contribution in [1.29, 1.82) is 0 Å². The van der Waals surface area contributed by atoms with E-state index in [1.807, 2.05) is 35.2 Å². The van der Waals surface area contributed by atoms with Crippen LogP contribution in [0.1, 0.15) is 51.7 Å². The monoisotopic (exact) mass is 303 g/mol. The second-order valence-electron chi connectivity index (χ2n) is 7.00. The van der Waals surface area contributed by atoms with E-state index in [-0.39, 0.29) is 11.8 Å². The van der Waals surface area contributed by atoms with Crippen LogP contribution in [0, 0.1) is 17.8 Å². The minimum Gasteiger partial charge on any atom is -0.388 e. The van der Waals surface area contributed by atoms with E-state index in [2.05, 4.69) is 20.8 Å². The molecular formula is C19H29NO2. The topological polar surface area (TPSA) is 40.5 Å². The molecule has 1 fully saturated rings. The van der Waals surface area contributed by atoms with E-state index in [1.165, 1.54) is 0 Å². The lowest BCUT2D eigenvalue weighted by Crippen LogP contribution is -2.40. The highest BCUT2D eigenvalue weighted by Gasteiger charge is 2.28. The van der Waals surface area contributed by atoms with E-state index in [0.29, 0.717) is 18.3 Å². The van der Waals surface area contributed by atoms with Gasteiger partial charge < -0.3 is 10.0 Å². The Morgan fingerprint density at radius 1 is 1.18 bits per heavy atom. The predicted octanol–water partition coefficient (Wildman–Crippen LogP) is 3.64. The summed E-state index contributed by atoms with van der Waals surface area (Å²) in [6, 6.07) is 9.85. The molecule has 2 unspecified atom stereocenters. The SMILES string of the molecule is CC(C)C(C)CC(=O)N1CCC(C(O)c2ccccc2)CC1. The molecule has 1 aliphatic rings. The van der Waals surface area contributed by atoms with Gasteiger partial charge in [-0.1, -0.05) is 51.1 Å². The Balaban J connectivity index is 1.84. The van der Waals surface area contributed by atoms with E-state index in [1.54, 1.807) is 0 Å². The third kappa shape index (κ3) is 4.33. The van der Waals surface area contributed by atoms with Gasteiger partial charge in [-0.2, -0.15) is 0 Å². The minimum absolute atomic E-state index is 0.258. The van der Waals surface area contributed by atoms with Crippen molar-refractivity contribution in [3.05, 3.63) is 35.9 Å². The van der Waals surface area contributed by atoms with Crippen LogP contribution < -0.4 is 0 Å². The number of rotatable bonds is 5. The molecular weight excluding hydrogens is 274 g/mol.